The van der Waals surface area contributed by atoms with Crippen LogP contribution in [0.15, 0.2) is 42.5 Å². The normalized spacial score (nSPS) is 16.7. The van der Waals surface area contributed by atoms with Crippen molar-refractivity contribution in [1.82, 2.24) is 5.32 Å². The Kier molecular flexibility index (Phi) is 6.07. The quantitative estimate of drug-likeness (QED) is 0.782. The molecular formula is C20H25NO5. The van der Waals surface area contributed by atoms with Gasteiger partial charge in [-0.25, -0.2) is 0 Å². The van der Waals surface area contributed by atoms with Gasteiger partial charge in [0.15, 0.2) is 23.0 Å². The third kappa shape index (κ3) is 4.32. The van der Waals surface area contributed by atoms with E-state index in [1.807, 2.05) is 42.5 Å². The van der Waals surface area contributed by atoms with Crippen LogP contribution in [0.25, 0.3) is 0 Å². The van der Waals surface area contributed by atoms with Crippen LogP contribution in [0.2, 0.25) is 0 Å². The Bertz CT molecular complexity index is 699. The van der Waals surface area contributed by atoms with Gasteiger partial charge in [-0.05, 0) is 31.2 Å². The molecule has 0 spiro atoms. The average molecular weight is 359 g/mol. The van der Waals surface area contributed by atoms with Gasteiger partial charge >= 0.3 is 0 Å². The van der Waals surface area contributed by atoms with E-state index < -0.39 is 0 Å². The van der Waals surface area contributed by atoms with Crippen molar-refractivity contribution >= 4 is 0 Å². The van der Waals surface area contributed by atoms with Gasteiger partial charge in [0, 0.05) is 12.6 Å². The lowest BCUT2D eigenvalue weighted by atomic mass is 10.2. The molecule has 1 aliphatic heterocycles. The van der Waals surface area contributed by atoms with E-state index in [1.54, 1.807) is 14.2 Å². The summed E-state index contributed by atoms with van der Waals surface area (Å²) in [6.45, 7) is 3.72. The zero-order valence-electron chi connectivity index (χ0n) is 15.4. The number of para-hydroxylation sites is 3. The van der Waals surface area contributed by atoms with Crippen LogP contribution in [0.3, 0.4) is 0 Å². The van der Waals surface area contributed by atoms with Crippen molar-refractivity contribution in [2.45, 2.75) is 19.1 Å². The molecule has 2 aromatic carbocycles. The Morgan fingerprint density at radius 2 is 1.73 bits per heavy atom. The summed E-state index contributed by atoms with van der Waals surface area (Å²) in [5, 5.41) is 3.42. The summed E-state index contributed by atoms with van der Waals surface area (Å²) in [5.74, 6) is 3.49. The molecule has 0 saturated carbocycles. The fourth-order valence-electron chi connectivity index (χ4n) is 2.72. The zero-order chi connectivity index (χ0) is 18.4. The molecule has 26 heavy (non-hydrogen) atoms. The number of hydrogen-bond donors (Lipinski definition) is 1. The topological polar surface area (TPSA) is 58.2 Å². The summed E-state index contributed by atoms with van der Waals surface area (Å²) in [6, 6.07) is 13.4. The van der Waals surface area contributed by atoms with E-state index in [4.69, 9.17) is 23.7 Å². The standard InChI is InChI=1S/C20H25NO5/c1-14(12-25-20-18(22-2)9-6-10-19(20)23-3)21-11-15-13-24-16-7-4-5-8-17(16)26-15/h4-10,14-15,21H,11-13H2,1-3H3/t14-,15+/m1/s1. The molecule has 0 amide bonds. The second-order valence-electron chi connectivity index (χ2n) is 6.11. The summed E-state index contributed by atoms with van der Waals surface area (Å²) < 4.78 is 28.3. The summed E-state index contributed by atoms with van der Waals surface area (Å²) in [6.07, 6.45) is -0.0341. The number of methoxy groups -OCH3 is 2. The van der Waals surface area contributed by atoms with Gasteiger partial charge in [0.25, 0.3) is 0 Å². The maximum absolute atomic E-state index is 5.95. The molecule has 0 aliphatic carbocycles. The highest BCUT2D eigenvalue weighted by Gasteiger charge is 2.21. The van der Waals surface area contributed by atoms with Crippen molar-refractivity contribution in [1.29, 1.82) is 0 Å². The predicted molar refractivity (Wildman–Crippen MR) is 98.9 cm³/mol. The highest BCUT2D eigenvalue weighted by Crippen LogP contribution is 2.36. The second-order valence-corrected chi connectivity index (χ2v) is 6.11. The molecule has 3 rings (SSSR count). The maximum Gasteiger partial charge on any atom is 0.203 e. The number of rotatable bonds is 8. The van der Waals surface area contributed by atoms with E-state index >= 15 is 0 Å². The number of hydrogen-bond acceptors (Lipinski definition) is 6. The maximum atomic E-state index is 5.95. The third-order valence-electron chi connectivity index (χ3n) is 4.12. The minimum atomic E-state index is -0.0341. The van der Waals surface area contributed by atoms with Crippen LogP contribution in [0.5, 0.6) is 28.7 Å². The molecular weight excluding hydrogens is 334 g/mol. The molecule has 1 N–H and O–H groups in total. The van der Waals surface area contributed by atoms with Crippen LogP contribution >= 0.6 is 0 Å². The smallest absolute Gasteiger partial charge is 0.203 e. The third-order valence-corrected chi connectivity index (χ3v) is 4.12. The van der Waals surface area contributed by atoms with Gasteiger partial charge in [-0.15, -0.1) is 0 Å². The number of ether oxygens (including phenoxy) is 5. The fourth-order valence-corrected chi connectivity index (χ4v) is 2.72. The first-order valence-electron chi connectivity index (χ1n) is 8.67. The average Bonchev–Trinajstić information content (AvgIpc) is 2.70. The molecule has 0 saturated heterocycles. The molecule has 2 aromatic rings. The molecule has 0 bridgehead atoms. The monoisotopic (exact) mass is 359 g/mol. The minimum absolute atomic E-state index is 0.0341. The first-order valence-corrected chi connectivity index (χ1v) is 8.67. The van der Waals surface area contributed by atoms with Crippen LogP contribution in [-0.4, -0.2) is 46.1 Å². The largest absolute Gasteiger partial charge is 0.493 e. The molecule has 0 aromatic heterocycles. The van der Waals surface area contributed by atoms with E-state index in [1.165, 1.54) is 0 Å². The lowest BCUT2D eigenvalue weighted by Gasteiger charge is -2.27. The molecule has 6 nitrogen and oxygen atoms in total. The molecule has 2 atom stereocenters. The molecule has 0 radical (unpaired) electrons. The summed E-state index contributed by atoms with van der Waals surface area (Å²) in [4.78, 5) is 0. The van der Waals surface area contributed by atoms with Crippen LogP contribution in [0.4, 0.5) is 0 Å². The molecule has 1 heterocycles. The number of benzene rings is 2. The van der Waals surface area contributed by atoms with Gasteiger partial charge in [0.2, 0.25) is 5.75 Å². The summed E-state index contributed by atoms with van der Waals surface area (Å²) in [7, 11) is 3.23. The molecule has 0 fully saturated rings. The highest BCUT2D eigenvalue weighted by molar-refractivity contribution is 5.51. The van der Waals surface area contributed by atoms with Crippen molar-refractivity contribution in [2.24, 2.45) is 0 Å². The van der Waals surface area contributed by atoms with Crippen molar-refractivity contribution < 1.29 is 23.7 Å². The Morgan fingerprint density at radius 3 is 2.42 bits per heavy atom. The predicted octanol–water partition coefficient (Wildman–Crippen LogP) is 2.90. The van der Waals surface area contributed by atoms with Crippen LogP contribution < -0.4 is 29.0 Å². The van der Waals surface area contributed by atoms with E-state index in [0.29, 0.717) is 37.0 Å². The molecule has 6 heteroatoms. The van der Waals surface area contributed by atoms with Crippen LogP contribution in [0.1, 0.15) is 6.92 Å². The van der Waals surface area contributed by atoms with Gasteiger partial charge in [-0.2, -0.15) is 0 Å². The van der Waals surface area contributed by atoms with Crippen molar-refractivity contribution in [3.8, 4) is 28.7 Å². The van der Waals surface area contributed by atoms with Gasteiger partial charge in [0.05, 0.1) is 14.2 Å². The zero-order valence-corrected chi connectivity index (χ0v) is 15.4. The van der Waals surface area contributed by atoms with Crippen molar-refractivity contribution in [3.63, 3.8) is 0 Å². The number of nitrogens with one attached hydrogen (secondary N) is 1. The van der Waals surface area contributed by atoms with Crippen LogP contribution in [-0.2, 0) is 0 Å². The summed E-state index contributed by atoms with van der Waals surface area (Å²) >= 11 is 0. The minimum Gasteiger partial charge on any atom is -0.493 e. The fraction of sp³-hybridized carbons (Fsp3) is 0.400. The van der Waals surface area contributed by atoms with Crippen molar-refractivity contribution in [2.75, 3.05) is 34.0 Å². The SMILES string of the molecule is COc1cccc(OC)c1OC[C@@H](C)NC[C@H]1COc2ccccc2O1. The molecule has 140 valence electrons. The van der Waals surface area contributed by atoms with E-state index in [-0.39, 0.29) is 12.1 Å². The van der Waals surface area contributed by atoms with Crippen molar-refractivity contribution in [3.05, 3.63) is 42.5 Å². The highest BCUT2D eigenvalue weighted by atomic mass is 16.6. The second kappa shape index (κ2) is 8.67. The summed E-state index contributed by atoms with van der Waals surface area (Å²) in [5.41, 5.74) is 0. The van der Waals surface area contributed by atoms with Gasteiger partial charge in [0.1, 0.15) is 19.3 Å². The first-order chi connectivity index (χ1) is 12.7. The van der Waals surface area contributed by atoms with E-state index in [0.717, 1.165) is 11.5 Å². The van der Waals surface area contributed by atoms with E-state index in [9.17, 15) is 0 Å². The Morgan fingerprint density at radius 1 is 1.04 bits per heavy atom. The Labute approximate surface area is 154 Å². The van der Waals surface area contributed by atoms with E-state index in [2.05, 4.69) is 12.2 Å². The lowest BCUT2D eigenvalue weighted by Crippen LogP contribution is -2.43. The lowest BCUT2D eigenvalue weighted by molar-refractivity contribution is 0.0867. The molecule has 0 unspecified atom stereocenters. The van der Waals surface area contributed by atoms with Gasteiger partial charge in [-0.3, -0.25) is 0 Å². The Balaban J connectivity index is 1.49. The van der Waals surface area contributed by atoms with Crippen LogP contribution in [0, 0.1) is 0 Å². The van der Waals surface area contributed by atoms with Gasteiger partial charge in [-0.1, -0.05) is 18.2 Å². The molecule has 1 aliphatic rings. The Hall–Kier alpha value is -2.60. The van der Waals surface area contributed by atoms with Gasteiger partial charge < -0.3 is 29.0 Å². The first kappa shape index (κ1) is 18.2. The number of fused-ring (bicyclic) bond motifs is 1.